The lowest BCUT2D eigenvalue weighted by Crippen LogP contribution is -2.21. The fraction of sp³-hybridized carbons (Fsp3) is 0.207. The molecule has 38 heavy (non-hydrogen) atoms. The van der Waals surface area contributed by atoms with Gasteiger partial charge in [-0.15, -0.1) is 0 Å². The third kappa shape index (κ3) is 6.36. The molecule has 1 heterocycles. The normalized spacial score (nSPS) is 12.9. The van der Waals surface area contributed by atoms with Gasteiger partial charge >= 0.3 is 0 Å². The van der Waals surface area contributed by atoms with Crippen LogP contribution in [0.4, 0.5) is 15.8 Å². The van der Waals surface area contributed by atoms with E-state index in [0.29, 0.717) is 35.1 Å². The van der Waals surface area contributed by atoms with Gasteiger partial charge in [-0.2, -0.15) is 0 Å². The van der Waals surface area contributed by atoms with E-state index in [4.69, 9.17) is 14.2 Å². The Balaban J connectivity index is 0.000000283. The standard InChI is InChI=1S/C22H22N2O4.C7H6FNO/c1-22(9-10-22)21(25)24-14-4-6-15(7-5-14)28-18-8-11-23-17-13-20(27-3)19(26-2)12-16(17)18;8-6-1-3-7(4-2-6)9-5-10/h4-8,11-13H,9-10H2,1-3H3,(H,24,25);1-5H,(H,9,10). The van der Waals surface area contributed by atoms with Crippen molar-refractivity contribution in [2.75, 3.05) is 24.9 Å². The Bertz CT molecular complexity index is 1420. The molecule has 1 aliphatic rings. The number of rotatable bonds is 8. The average Bonchev–Trinajstić information content (AvgIpc) is 3.69. The second-order valence-electron chi connectivity index (χ2n) is 8.94. The van der Waals surface area contributed by atoms with E-state index < -0.39 is 0 Å². The van der Waals surface area contributed by atoms with Gasteiger partial charge in [-0.3, -0.25) is 14.6 Å². The van der Waals surface area contributed by atoms with E-state index in [1.54, 1.807) is 26.5 Å². The second kappa shape index (κ2) is 11.6. The van der Waals surface area contributed by atoms with E-state index in [2.05, 4.69) is 15.6 Å². The summed E-state index contributed by atoms with van der Waals surface area (Å²) in [5.41, 5.74) is 1.90. The number of hydrogen-bond donors (Lipinski definition) is 2. The summed E-state index contributed by atoms with van der Waals surface area (Å²) in [5.74, 6) is 2.31. The zero-order chi connectivity index (χ0) is 27.1. The number of nitrogens with zero attached hydrogens (tertiary/aromatic N) is 1. The lowest BCUT2D eigenvalue weighted by atomic mass is 10.1. The van der Waals surface area contributed by atoms with E-state index in [-0.39, 0.29) is 17.1 Å². The molecule has 8 nitrogen and oxygen atoms in total. The number of ether oxygens (including phenoxy) is 3. The van der Waals surface area contributed by atoms with Crippen molar-refractivity contribution in [2.24, 2.45) is 5.41 Å². The zero-order valence-corrected chi connectivity index (χ0v) is 21.3. The molecule has 196 valence electrons. The number of aromatic nitrogens is 1. The van der Waals surface area contributed by atoms with Crippen molar-refractivity contribution in [3.05, 3.63) is 78.7 Å². The molecule has 0 saturated heterocycles. The van der Waals surface area contributed by atoms with Crippen LogP contribution in [0.5, 0.6) is 23.0 Å². The number of methoxy groups -OCH3 is 2. The van der Waals surface area contributed by atoms with Crippen LogP contribution >= 0.6 is 0 Å². The molecule has 1 saturated carbocycles. The van der Waals surface area contributed by atoms with Crippen LogP contribution < -0.4 is 24.8 Å². The maximum atomic E-state index is 12.2. The van der Waals surface area contributed by atoms with E-state index >= 15 is 0 Å². The predicted octanol–water partition coefficient (Wildman–Crippen LogP) is 6.18. The van der Waals surface area contributed by atoms with Gasteiger partial charge in [0.05, 0.1) is 19.7 Å². The van der Waals surface area contributed by atoms with Crippen LogP contribution in [0.1, 0.15) is 19.8 Å². The Morgan fingerprint density at radius 2 is 1.55 bits per heavy atom. The van der Waals surface area contributed by atoms with Crippen LogP contribution in [0.3, 0.4) is 0 Å². The van der Waals surface area contributed by atoms with Crippen molar-refractivity contribution in [3.8, 4) is 23.0 Å². The maximum absolute atomic E-state index is 12.2. The van der Waals surface area contributed by atoms with Gasteiger partial charge in [0.15, 0.2) is 11.5 Å². The lowest BCUT2D eigenvalue weighted by Gasteiger charge is -2.13. The van der Waals surface area contributed by atoms with Gasteiger partial charge < -0.3 is 24.8 Å². The minimum Gasteiger partial charge on any atom is -0.493 e. The minimum absolute atomic E-state index is 0.0716. The minimum atomic E-state index is -0.309. The van der Waals surface area contributed by atoms with E-state index in [9.17, 15) is 14.0 Å². The number of anilines is 2. The van der Waals surface area contributed by atoms with Gasteiger partial charge in [-0.05, 0) is 73.5 Å². The Morgan fingerprint density at radius 3 is 2.16 bits per heavy atom. The highest BCUT2D eigenvalue weighted by atomic mass is 19.1. The monoisotopic (exact) mass is 517 g/mol. The zero-order valence-electron chi connectivity index (χ0n) is 21.3. The molecule has 1 aromatic heterocycles. The van der Waals surface area contributed by atoms with Gasteiger partial charge in [0.1, 0.15) is 17.3 Å². The molecule has 0 unspecified atom stereocenters. The van der Waals surface area contributed by atoms with Crippen LogP contribution in [-0.4, -0.2) is 31.5 Å². The van der Waals surface area contributed by atoms with E-state index in [0.717, 1.165) is 29.4 Å². The smallest absolute Gasteiger partial charge is 0.230 e. The number of halogens is 1. The quantitative estimate of drug-likeness (QED) is 0.271. The second-order valence-corrected chi connectivity index (χ2v) is 8.94. The SMILES string of the molecule is COc1cc2nccc(Oc3ccc(NC(=O)C4(C)CC4)cc3)c2cc1OC.O=CNc1ccc(F)cc1. The molecule has 4 aromatic rings. The van der Waals surface area contributed by atoms with Gasteiger partial charge in [-0.1, -0.05) is 6.92 Å². The Kier molecular flexibility index (Phi) is 8.06. The number of fused-ring (bicyclic) bond motifs is 1. The number of nitrogens with one attached hydrogen (secondary N) is 2. The fourth-order valence-electron chi connectivity index (χ4n) is 3.58. The van der Waals surface area contributed by atoms with Crippen molar-refractivity contribution in [1.82, 2.24) is 4.98 Å². The topological polar surface area (TPSA) is 98.8 Å². The lowest BCUT2D eigenvalue weighted by molar-refractivity contribution is -0.120. The number of carbonyl (C=O) groups is 2. The Labute approximate surface area is 219 Å². The highest BCUT2D eigenvalue weighted by Gasteiger charge is 2.44. The van der Waals surface area contributed by atoms with Crippen LogP contribution in [0.2, 0.25) is 0 Å². The summed E-state index contributed by atoms with van der Waals surface area (Å²) in [6.07, 6.45) is 4.13. The first-order chi connectivity index (χ1) is 18.3. The highest BCUT2D eigenvalue weighted by Crippen LogP contribution is 2.45. The molecule has 1 aliphatic carbocycles. The van der Waals surface area contributed by atoms with Crippen LogP contribution in [-0.2, 0) is 9.59 Å². The molecular formula is C29H28FN3O5. The van der Waals surface area contributed by atoms with Crippen LogP contribution in [0.15, 0.2) is 72.9 Å². The highest BCUT2D eigenvalue weighted by molar-refractivity contribution is 5.96. The first-order valence-electron chi connectivity index (χ1n) is 11.9. The van der Waals surface area contributed by atoms with Crippen molar-refractivity contribution < 1.29 is 28.2 Å². The summed E-state index contributed by atoms with van der Waals surface area (Å²) in [7, 11) is 3.18. The molecule has 3 aromatic carbocycles. The molecule has 0 spiro atoms. The molecule has 0 atom stereocenters. The summed E-state index contributed by atoms with van der Waals surface area (Å²) in [6.45, 7) is 1.98. The predicted molar refractivity (Wildman–Crippen MR) is 143 cm³/mol. The molecule has 1 fully saturated rings. The van der Waals surface area contributed by atoms with Gasteiger partial charge in [0.2, 0.25) is 12.3 Å². The molecular weight excluding hydrogens is 489 g/mol. The van der Waals surface area contributed by atoms with Crippen LogP contribution in [0.25, 0.3) is 10.9 Å². The Hall–Kier alpha value is -4.66. The van der Waals surface area contributed by atoms with Gasteiger partial charge in [-0.25, -0.2) is 4.39 Å². The summed E-state index contributed by atoms with van der Waals surface area (Å²) in [5, 5.41) is 6.16. The van der Waals surface area contributed by atoms with E-state index in [1.807, 2.05) is 43.3 Å². The fourth-order valence-corrected chi connectivity index (χ4v) is 3.58. The van der Waals surface area contributed by atoms with Crippen molar-refractivity contribution in [3.63, 3.8) is 0 Å². The van der Waals surface area contributed by atoms with Crippen molar-refractivity contribution >= 4 is 34.6 Å². The summed E-state index contributed by atoms with van der Waals surface area (Å²) >= 11 is 0. The molecule has 0 bridgehead atoms. The average molecular weight is 518 g/mol. The van der Waals surface area contributed by atoms with Gasteiger partial charge in [0.25, 0.3) is 0 Å². The van der Waals surface area contributed by atoms with E-state index in [1.165, 1.54) is 24.3 Å². The maximum Gasteiger partial charge on any atom is 0.230 e. The summed E-state index contributed by atoms with van der Waals surface area (Å²) in [4.78, 5) is 26.4. The Morgan fingerprint density at radius 1 is 0.921 bits per heavy atom. The largest absolute Gasteiger partial charge is 0.493 e. The molecule has 0 aliphatic heterocycles. The molecule has 0 radical (unpaired) electrons. The summed E-state index contributed by atoms with van der Waals surface area (Å²) in [6, 6.07) is 18.4. The number of amides is 2. The molecule has 9 heteroatoms. The number of benzene rings is 3. The number of hydrogen-bond acceptors (Lipinski definition) is 6. The first-order valence-corrected chi connectivity index (χ1v) is 11.9. The number of carbonyl (C=O) groups excluding carboxylic acids is 2. The van der Waals surface area contributed by atoms with Crippen molar-refractivity contribution in [1.29, 1.82) is 0 Å². The van der Waals surface area contributed by atoms with Gasteiger partial charge in [0, 0.05) is 34.4 Å². The third-order valence-electron chi connectivity index (χ3n) is 6.16. The third-order valence-corrected chi connectivity index (χ3v) is 6.16. The summed E-state index contributed by atoms with van der Waals surface area (Å²) < 4.78 is 29.0. The molecule has 2 N–H and O–H groups in total. The first kappa shape index (κ1) is 26.4. The van der Waals surface area contributed by atoms with Crippen molar-refractivity contribution in [2.45, 2.75) is 19.8 Å². The number of pyridine rings is 1. The molecule has 5 rings (SSSR count). The molecule has 2 amide bonds. The van der Waals surface area contributed by atoms with Crippen LogP contribution in [0, 0.1) is 11.2 Å².